The fourth-order valence-corrected chi connectivity index (χ4v) is 7.56. The SMILES string of the molecule is CCCCCCCCCCC(CCCCCCCCCC)CCCOC(=O)CCCNC(CO)(CO)CCc1ccc(CCCCCCCC)cc1. The van der Waals surface area contributed by atoms with Crippen LogP contribution in [0, 0.1) is 5.92 Å². The number of esters is 1. The van der Waals surface area contributed by atoms with Crippen molar-refractivity contribution in [3.63, 3.8) is 0 Å². The van der Waals surface area contributed by atoms with Crippen molar-refractivity contribution in [1.29, 1.82) is 0 Å². The van der Waals surface area contributed by atoms with Gasteiger partial charge in [0.1, 0.15) is 0 Å². The number of benzene rings is 1. The normalized spacial score (nSPS) is 11.9. The Morgan fingerprint density at radius 1 is 0.577 bits per heavy atom. The van der Waals surface area contributed by atoms with Gasteiger partial charge in [0.25, 0.3) is 0 Å². The van der Waals surface area contributed by atoms with Crippen LogP contribution in [-0.2, 0) is 22.4 Å². The van der Waals surface area contributed by atoms with Crippen LogP contribution < -0.4 is 5.32 Å². The summed E-state index contributed by atoms with van der Waals surface area (Å²) in [6.07, 6.45) is 38.2. The number of hydrogen-bond donors (Lipinski definition) is 3. The van der Waals surface area contributed by atoms with Gasteiger partial charge in [0.15, 0.2) is 0 Å². The molecule has 0 unspecified atom stereocenters. The molecule has 3 N–H and O–H groups in total. The Labute approximate surface area is 323 Å². The first-order chi connectivity index (χ1) is 25.5. The number of aliphatic hydroxyl groups is 2. The van der Waals surface area contributed by atoms with Gasteiger partial charge in [-0.15, -0.1) is 0 Å². The van der Waals surface area contributed by atoms with Gasteiger partial charge < -0.3 is 20.3 Å². The summed E-state index contributed by atoms with van der Waals surface area (Å²) in [5, 5.41) is 23.8. The minimum absolute atomic E-state index is 0.135. The van der Waals surface area contributed by atoms with E-state index in [1.165, 1.54) is 172 Å². The van der Waals surface area contributed by atoms with Crippen LogP contribution in [0.5, 0.6) is 0 Å². The van der Waals surface area contributed by atoms with Crippen LogP contribution in [0.2, 0.25) is 0 Å². The Morgan fingerprint density at radius 2 is 1.00 bits per heavy atom. The van der Waals surface area contributed by atoms with Crippen molar-refractivity contribution in [3.05, 3.63) is 35.4 Å². The van der Waals surface area contributed by atoms with Crippen LogP contribution in [0.15, 0.2) is 24.3 Å². The summed E-state index contributed by atoms with van der Waals surface area (Å²) in [5.41, 5.74) is 1.86. The number of nitrogens with one attached hydrogen (secondary N) is 1. The minimum atomic E-state index is -0.750. The van der Waals surface area contributed by atoms with Crippen molar-refractivity contribution >= 4 is 5.97 Å². The van der Waals surface area contributed by atoms with Crippen molar-refractivity contribution in [3.8, 4) is 0 Å². The van der Waals surface area contributed by atoms with E-state index in [1.807, 2.05) is 0 Å². The summed E-state index contributed by atoms with van der Waals surface area (Å²) in [6, 6.07) is 8.84. The Balaban J connectivity index is 2.32. The van der Waals surface area contributed by atoms with E-state index >= 15 is 0 Å². The lowest BCUT2D eigenvalue weighted by atomic mass is 9.90. The van der Waals surface area contributed by atoms with Gasteiger partial charge in [-0.05, 0) is 68.5 Å². The first-order valence-electron chi connectivity index (χ1n) is 22.7. The van der Waals surface area contributed by atoms with Crippen LogP contribution in [-0.4, -0.2) is 48.1 Å². The highest BCUT2D eigenvalue weighted by Gasteiger charge is 2.27. The monoisotopic (exact) mass is 730 g/mol. The summed E-state index contributed by atoms with van der Waals surface area (Å²) >= 11 is 0. The Bertz CT molecular complexity index is 879. The van der Waals surface area contributed by atoms with Crippen molar-refractivity contribution in [2.45, 2.75) is 225 Å². The van der Waals surface area contributed by atoms with E-state index in [-0.39, 0.29) is 19.2 Å². The Morgan fingerprint density at radius 3 is 1.48 bits per heavy atom. The molecule has 0 saturated heterocycles. The molecule has 304 valence electrons. The van der Waals surface area contributed by atoms with E-state index in [0.29, 0.717) is 32.4 Å². The third kappa shape index (κ3) is 27.2. The molecule has 5 heteroatoms. The number of carbonyl (C=O) groups is 1. The maximum atomic E-state index is 12.5. The van der Waals surface area contributed by atoms with Crippen LogP contribution in [0.4, 0.5) is 0 Å². The third-order valence-corrected chi connectivity index (χ3v) is 11.3. The molecule has 0 saturated carbocycles. The average molecular weight is 730 g/mol. The van der Waals surface area contributed by atoms with E-state index in [1.54, 1.807) is 0 Å². The second-order valence-electron chi connectivity index (χ2n) is 16.2. The molecule has 0 aromatic heterocycles. The predicted molar refractivity (Wildman–Crippen MR) is 224 cm³/mol. The van der Waals surface area contributed by atoms with Crippen LogP contribution in [0.1, 0.15) is 218 Å². The number of unbranched alkanes of at least 4 members (excludes halogenated alkanes) is 19. The van der Waals surface area contributed by atoms with Gasteiger partial charge in [0.05, 0.1) is 25.4 Å². The average Bonchev–Trinajstić information content (AvgIpc) is 3.17. The second kappa shape index (κ2) is 35.3. The van der Waals surface area contributed by atoms with Crippen LogP contribution in [0.3, 0.4) is 0 Å². The topological polar surface area (TPSA) is 78.8 Å². The van der Waals surface area contributed by atoms with E-state index in [9.17, 15) is 15.0 Å². The van der Waals surface area contributed by atoms with E-state index < -0.39 is 5.54 Å². The quantitative estimate of drug-likeness (QED) is 0.0464. The molecule has 52 heavy (non-hydrogen) atoms. The van der Waals surface area contributed by atoms with E-state index in [4.69, 9.17) is 4.74 Å². The third-order valence-electron chi connectivity index (χ3n) is 11.3. The highest BCUT2D eigenvalue weighted by atomic mass is 16.5. The lowest BCUT2D eigenvalue weighted by molar-refractivity contribution is -0.143. The fraction of sp³-hybridized carbons (Fsp3) is 0.851. The summed E-state index contributed by atoms with van der Waals surface area (Å²) < 4.78 is 5.65. The van der Waals surface area contributed by atoms with E-state index in [0.717, 1.165) is 25.2 Å². The smallest absolute Gasteiger partial charge is 0.305 e. The lowest BCUT2D eigenvalue weighted by Gasteiger charge is -2.31. The molecule has 0 fully saturated rings. The zero-order chi connectivity index (χ0) is 37.8. The molecule has 0 aliphatic heterocycles. The van der Waals surface area contributed by atoms with Gasteiger partial charge in [-0.1, -0.05) is 193 Å². The zero-order valence-electron chi connectivity index (χ0n) is 34.8. The van der Waals surface area contributed by atoms with Crippen LogP contribution >= 0.6 is 0 Å². The van der Waals surface area contributed by atoms with Gasteiger partial charge in [-0.3, -0.25) is 4.79 Å². The molecule has 0 heterocycles. The molecule has 0 radical (unpaired) electrons. The molecular formula is C47H87NO4. The summed E-state index contributed by atoms with van der Waals surface area (Å²) in [5.74, 6) is 0.625. The molecule has 0 spiro atoms. The van der Waals surface area contributed by atoms with Crippen molar-refractivity contribution in [2.24, 2.45) is 5.92 Å². The summed E-state index contributed by atoms with van der Waals surface area (Å²) in [6.45, 7) is 7.64. The van der Waals surface area contributed by atoms with Gasteiger partial charge >= 0.3 is 5.97 Å². The molecule has 0 bridgehead atoms. The van der Waals surface area contributed by atoms with Gasteiger partial charge in [0, 0.05) is 6.42 Å². The van der Waals surface area contributed by atoms with Gasteiger partial charge in [-0.25, -0.2) is 0 Å². The maximum Gasteiger partial charge on any atom is 0.305 e. The molecular weight excluding hydrogens is 643 g/mol. The van der Waals surface area contributed by atoms with E-state index in [2.05, 4.69) is 50.4 Å². The highest BCUT2D eigenvalue weighted by Crippen LogP contribution is 2.24. The number of aliphatic hydroxyl groups excluding tert-OH is 2. The summed E-state index contributed by atoms with van der Waals surface area (Å²) in [4.78, 5) is 12.5. The number of aryl methyl sites for hydroxylation is 2. The summed E-state index contributed by atoms with van der Waals surface area (Å²) in [7, 11) is 0. The fourth-order valence-electron chi connectivity index (χ4n) is 7.56. The largest absolute Gasteiger partial charge is 0.466 e. The van der Waals surface area contributed by atoms with Crippen molar-refractivity contribution in [2.75, 3.05) is 26.4 Å². The molecule has 0 aliphatic carbocycles. The molecule has 5 nitrogen and oxygen atoms in total. The number of hydrogen-bond acceptors (Lipinski definition) is 5. The lowest BCUT2D eigenvalue weighted by Crippen LogP contribution is -2.52. The number of carbonyl (C=O) groups excluding carboxylic acids is 1. The van der Waals surface area contributed by atoms with Crippen LogP contribution in [0.25, 0.3) is 0 Å². The standard InChI is InChI=1S/C47H87NO4/c1-4-7-10-13-16-18-21-23-28-43(29-24-22-19-17-14-11-8-5-2)31-27-40-52-46(51)32-26-39-48-47(41-49,42-50)38-37-45-35-33-44(34-36-45)30-25-20-15-12-9-6-3/h33-36,43,48-50H,4-32,37-42H2,1-3H3. The van der Waals surface area contributed by atoms with Gasteiger partial charge in [-0.2, -0.15) is 0 Å². The second-order valence-corrected chi connectivity index (χ2v) is 16.2. The number of rotatable bonds is 39. The zero-order valence-corrected chi connectivity index (χ0v) is 34.8. The minimum Gasteiger partial charge on any atom is -0.466 e. The molecule has 0 amide bonds. The number of ether oxygens (including phenoxy) is 1. The molecule has 0 aliphatic rings. The highest BCUT2D eigenvalue weighted by molar-refractivity contribution is 5.69. The maximum absolute atomic E-state index is 12.5. The Hall–Kier alpha value is -1.43. The molecule has 1 aromatic carbocycles. The predicted octanol–water partition coefficient (Wildman–Crippen LogP) is 12.6. The Kier molecular flexibility index (Phi) is 33.0. The molecule has 1 rings (SSSR count). The molecule has 1 aromatic rings. The van der Waals surface area contributed by atoms with Gasteiger partial charge in [0.2, 0.25) is 0 Å². The molecule has 0 atom stereocenters. The van der Waals surface area contributed by atoms with Crippen molar-refractivity contribution in [1.82, 2.24) is 5.32 Å². The van der Waals surface area contributed by atoms with Crippen molar-refractivity contribution < 1.29 is 19.7 Å². The first kappa shape index (κ1) is 48.6. The first-order valence-corrected chi connectivity index (χ1v) is 22.7.